The number of pyridine rings is 1. The molecule has 1 heterocycles. The molecule has 0 radical (unpaired) electrons. The number of aliphatic carboxylic acids is 1. The van der Waals surface area contributed by atoms with Crippen molar-refractivity contribution in [1.29, 1.82) is 0 Å². The average Bonchev–Trinajstić information content (AvgIpc) is 2.18. The molecule has 0 saturated heterocycles. The predicted molar refractivity (Wildman–Crippen MR) is 58.6 cm³/mol. The molecule has 0 aliphatic rings. The molecule has 1 aromatic heterocycles. The van der Waals surface area contributed by atoms with Gasteiger partial charge in [0.15, 0.2) is 14.6 Å². The number of carboxylic acids is 1. The molecular weight excluding hydrogens is 230 g/mol. The minimum absolute atomic E-state index is 0.297. The van der Waals surface area contributed by atoms with E-state index in [0.29, 0.717) is 5.56 Å². The number of nitrogens with zero attached hydrogens (tertiary/aromatic N) is 1. The highest BCUT2D eigenvalue weighted by molar-refractivity contribution is 7.92. The van der Waals surface area contributed by atoms with Crippen molar-refractivity contribution in [2.75, 3.05) is 0 Å². The summed E-state index contributed by atoms with van der Waals surface area (Å²) >= 11 is 0. The standard InChI is InChI=1S/C10H13NO4S/c1-10(2,9(12)13)16(14,15)7-8-3-5-11-6-4-8/h3-6H,7H2,1-2H3,(H,12,13). The fourth-order valence-corrected chi connectivity index (χ4v) is 2.27. The van der Waals surface area contributed by atoms with E-state index in [1.165, 1.54) is 26.2 Å². The molecule has 0 bridgehead atoms. The molecule has 16 heavy (non-hydrogen) atoms. The van der Waals surface area contributed by atoms with Gasteiger partial charge in [-0.1, -0.05) is 0 Å². The second-order valence-electron chi connectivity index (χ2n) is 3.93. The Labute approximate surface area is 94.1 Å². The quantitative estimate of drug-likeness (QED) is 0.847. The van der Waals surface area contributed by atoms with Crippen LogP contribution in [0.15, 0.2) is 24.5 Å². The van der Waals surface area contributed by atoms with Crippen LogP contribution in [0.5, 0.6) is 0 Å². The van der Waals surface area contributed by atoms with Gasteiger partial charge in [-0.2, -0.15) is 0 Å². The van der Waals surface area contributed by atoms with Crippen molar-refractivity contribution in [3.8, 4) is 0 Å². The zero-order chi connectivity index (χ0) is 12.4. The summed E-state index contributed by atoms with van der Waals surface area (Å²) in [5.41, 5.74) is 0.532. The van der Waals surface area contributed by atoms with Gasteiger partial charge in [-0.15, -0.1) is 0 Å². The van der Waals surface area contributed by atoms with Gasteiger partial charge in [-0.05, 0) is 31.5 Å². The number of rotatable bonds is 4. The van der Waals surface area contributed by atoms with Crippen molar-refractivity contribution < 1.29 is 18.3 Å². The summed E-state index contributed by atoms with van der Waals surface area (Å²) in [5, 5.41) is 8.86. The zero-order valence-electron chi connectivity index (χ0n) is 9.04. The van der Waals surface area contributed by atoms with Crippen LogP contribution in [-0.2, 0) is 20.4 Å². The summed E-state index contributed by atoms with van der Waals surface area (Å²) < 4.78 is 21.9. The second-order valence-corrected chi connectivity index (χ2v) is 6.47. The Morgan fingerprint density at radius 1 is 1.38 bits per heavy atom. The lowest BCUT2D eigenvalue weighted by atomic mass is 10.2. The molecule has 0 unspecified atom stereocenters. The van der Waals surface area contributed by atoms with Crippen molar-refractivity contribution in [3.63, 3.8) is 0 Å². The first kappa shape index (κ1) is 12.6. The molecule has 0 aliphatic carbocycles. The van der Waals surface area contributed by atoms with Crippen LogP contribution in [0.2, 0.25) is 0 Å². The van der Waals surface area contributed by atoms with Crippen LogP contribution in [0.3, 0.4) is 0 Å². The summed E-state index contributed by atoms with van der Waals surface area (Å²) in [4.78, 5) is 14.6. The average molecular weight is 243 g/mol. The summed E-state index contributed by atoms with van der Waals surface area (Å²) in [6.07, 6.45) is 2.94. The van der Waals surface area contributed by atoms with Gasteiger partial charge in [0, 0.05) is 12.4 Å². The Bertz CT molecular complexity index is 479. The van der Waals surface area contributed by atoms with Crippen LogP contribution in [0.4, 0.5) is 0 Å². The fraction of sp³-hybridized carbons (Fsp3) is 0.400. The minimum atomic E-state index is -3.74. The first-order chi connectivity index (χ1) is 7.27. The van der Waals surface area contributed by atoms with E-state index in [9.17, 15) is 13.2 Å². The van der Waals surface area contributed by atoms with Crippen molar-refractivity contribution in [3.05, 3.63) is 30.1 Å². The number of carboxylic acid groups (broad SMARTS) is 1. The molecule has 0 spiro atoms. The van der Waals surface area contributed by atoms with Crippen molar-refractivity contribution in [2.24, 2.45) is 0 Å². The number of hydrogen-bond donors (Lipinski definition) is 1. The monoisotopic (exact) mass is 243 g/mol. The second kappa shape index (κ2) is 4.21. The van der Waals surface area contributed by atoms with Crippen LogP contribution in [0, 0.1) is 0 Å². The van der Waals surface area contributed by atoms with E-state index in [1.807, 2.05) is 0 Å². The van der Waals surface area contributed by atoms with Gasteiger partial charge >= 0.3 is 5.97 Å². The Hall–Kier alpha value is -1.43. The first-order valence-electron chi connectivity index (χ1n) is 4.62. The van der Waals surface area contributed by atoms with Crippen molar-refractivity contribution in [2.45, 2.75) is 24.3 Å². The molecule has 0 aliphatic heterocycles. The molecule has 0 atom stereocenters. The van der Waals surface area contributed by atoms with E-state index in [0.717, 1.165) is 0 Å². The normalized spacial score (nSPS) is 12.4. The fourth-order valence-electron chi connectivity index (χ4n) is 1.01. The third-order valence-corrected chi connectivity index (χ3v) is 4.84. The molecule has 6 heteroatoms. The van der Waals surface area contributed by atoms with Gasteiger partial charge in [0.05, 0.1) is 5.75 Å². The molecule has 0 aromatic carbocycles. The van der Waals surface area contributed by atoms with Crippen LogP contribution in [0.25, 0.3) is 0 Å². The lowest BCUT2D eigenvalue weighted by Gasteiger charge is -2.19. The Kier molecular flexibility index (Phi) is 3.32. The molecule has 1 N–H and O–H groups in total. The number of carbonyl (C=O) groups is 1. The highest BCUT2D eigenvalue weighted by atomic mass is 32.2. The summed E-state index contributed by atoms with van der Waals surface area (Å²) in [6, 6.07) is 3.10. The summed E-state index contributed by atoms with van der Waals surface area (Å²) in [6.45, 7) is 2.37. The molecule has 0 saturated carbocycles. The molecule has 5 nitrogen and oxygen atoms in total. The molecule has 0 fully saturated rings. The van der Waals surface area contributed by atoms with E-state index >= 15 is 0 Å². The van der Waals surface area contributed by atoms with Gasteiger partial charge in [-0.3, -0.25) is 9.78 Å². The van der Waals surface area contributed by atoms with Gasteiger partial charge in [0.2, 0.25) is 0 Å². The van der Waals surface area contributed by atoms with Gasteiger partial charge in [-0.25, -0.2) is 8.42 Å². The molecule has 0 amide bonds. The van der Waals surface area contributed by atoms with E-state index in [2.05, 4.69) is 4.98 Å². The van der Waals surface area contributed by atoms with Gasteiger partial charge < -0.3 is 5.11 Å². The number of aromatic nitrogens is 1. The SMILES string of the molecule is CC(C)(C(=O)O)S(=O)(=O)Cc1ccncc1. The minimum Gasteiger partial charge on any atom is -0.480 e. The molecular formula is C10H13NO4S. The maximum absolute atomic E-state index is 11.9. The maximum Gasteiger partial charge on any atom is 0.324 e. The number of hydrogen-bond acceptors (Lipinski definition) is 4. The topological polar surface area (TPSA) is 84.3 Å². The van der Waals surface area contributed by atoms with Crippen LogP contribution in [-0.4, -0.2) is 29.2 Å². The number of sulfone groups is 1. The summed E-state index contributed by atoms with van der Waals surface area (Å²) in [5.74, 6) is -1.64. The third-order valence-electron chi connectivity index (χ3n) is 2.40. The first-order valence-corrected chi connectivity index (χ1v) is 6.27. The van der Waals surface area contributed by atoms with E-state index in [1.54, 1.807) is 12.1 Å². The Morgan fingerprint density at radius 3 is 2.31 bits per heavy atom. The lowest BCUT2D eigenvalue weighted by molar-refractivity contribution is -0.139. The Balaban J connectivity index is 3.02. The van der Waals surface area contributed by atoms with Crippen molar-refractivity contribution >= 4 is 15.8 Å². The lowest BCUT2D eigenvalue weighted by Crippen LogP contribution is -2.41. The molecule has 1 rings (SSSR count). The molecule has 88 valence electrons. The van der Waals surface area contributed by atoms with E-state index in [-0.39, 0.29) is 5.75 Å². The van der Waals surface area contributed by atoms with Crippen molar-refractivity contribution in [1.82, 2.24) is 4.98 Å². The van der Waals surface area contributed by atoms with Crippen LogP contribution in [0.1, 0.15) is 19.4 Å². The Morgan fingerprint density at radius 2 is 1.88 bits per heavy atom. The maximum atomic E-state index is 11.9. The molecule has 1 aromatic rings. The van der Waals surface area contributed by atoms with Gasteiger partial charge in [0.1, 0.15) is 0 Å². The largest absolute Gasteiger partial charge is 0.480 e. The third kappa shape index (κ3) is 2.38. The van der Waals surface area contributed by atoms with E-state index in [4.69, 9.17) is 5.11 Å². The predicted octanol–water partition coefficient (Wildman–Crippen LogP) is 0.860. The van der Waals surface area contributed by atoms with Gasteiger partial charge in [0.25, 0.3) is 0 Å². The smallest absolute Gasteiger partial charge is 0.324 e. The zero-order valence-corrected chi connectivity index (χ0v) is 9.86. The van der Waals surface area contributed by atoms with Crippen LogP contribution < -0.4 is 0 Å². The highest BCUT2D eigenvalue weighted by Crippen LogP contribution is 2.21. The highest BCUT2D eigenvalue weighted by Gasteiger charge is 2.41. The van der Waals surface area contributed by atoms with Crippen LogP contribution >= 0.6 is 0 Å². The summed E-state index contributed by atoms with van der Waals surface area (Å²) in [7, 11) is -3.74. The van der Waals surface area contributed by atoms with E-state index < -0.39 is 20.6 Å².